The fourth-order valence-electron chi connectivity index (χ4n) is 7.63. The highest BCUT2D eigenvalue weighted by molar-refractivity contribution is 6.99. The molecule has 0 unspecified atom stereocenters. The van der Waals surface area contributed by atoms with E-state index < -0.39 is 13.9 Å². The maximum atomic E-state index is 14.0. The van der Waals surface area contributed by atoms with E-state index in [1.54, 1.807) is 12.1 Å². The van der Waals surface area contributed by atoms with Crippen molar-refractivity contribution in [2.75, 3.05) is 26.4 Å². The Morgan fingerprint density at radius 3 is 2.09 bits per heavy atom. The molecular formula is C39H49FO5Si. The van der Waals surface area contributed by atoms with Crippen LogP contribution in [0.5, 0.6) is 0 Å². The van der Waals surface area contributed by atoms with Crippen molar-refractivity contribution in [2.45, 2.75) is 76.5 Å². The summed E-state index contributed by atoms with van der Waals surface area (Å²) in [6, 6.07) is 28.4. The summed E-state index contributed by atoms with van der Waals surface area (Å²) in [6.45, 7) is 13.8. The number of ether oxygens (including phenoxy) is 3. The van der Waals surface area contributed by atoms with Crippen LogP contribution in [0.15, 0.2) is 97.1 Å². The highest BCUT2D eigenvalue weighted by atomic mass is 28.4. The number of halogens is 1. The third-order valence-corrected chi connectivity index (χ3v) is 14.6. The highest BCUT2D eigenvalue weighted by Gasteiger charge is 2.60. The molecule has 1 aliphatic heterocycles. The second-order valence-corrected chi connectivity index (χ2v) is 19.1. The zero-order valence-corrected chi connectivity index (χ0v) is 29.1. The Labute approximate surface area is 275 Å². The third kappa shape index (κ3) is 7.23. The number of carbonyl (C=O) groups is 1. The fourth-order valence-corrected chi connectivity index (χ4v) is 12.2. The maximum absolute atomic E-state index is 14.0. The molecule has 5 rings (SSSR count). The highest BCUT2D eigenvalue weighted by Crippen LogP contribution is 2.57. The quantitative estimate of drug-likeness (QED) is 0.0922. The number of carbonyl (C=O) groups excluding carboxylic acids is 1. The Morgan fingerprint density at radius 1 is 0.913 bits per heavy atom. The zero-order chi connectivity index (χ0) is 33.0. The third-order valence-electron chi connectivity index (χ3n) is 9.56. The lowest BCUT2D eigenvalue weighted by atomic mass is 9.69. The number of rotatable bonds is 12. The van der Waals surface area contributed by atoms with Crippen LogP contribution in [0.2, 0.25) is 5.04 Å². The minimum atomic E-state index is -2.75. The van der Waals surface area contributed by atoms with Gasteiger partial charge in [0, 0.05) is 17.9 Å². The van der Waals surface area contributed by atoms with E-state index in [-0.39, 0.29) is 46.8 Å². The lowest BCUT2D eigenvalue weighted by molar-refractivity contribution is -0.159. The molecule has 7 heteroatoms. The summed E-state index contributed by atoms with van der Waals surface area (Å²) in [5, 5.41) is 2.37. The summed E-state index contributed by atoms with van der Waals surface area (Å²) in [4.78, 5) is 12.1. The van der Waals surface area contributed by atoms with Gasteiger partial charge in [0.2, 0.25) is 0 Å². The van der Waals surface area contributed by atoms with Crippen molar-refractivity contribution in [3.05, 3.63) is 108 Å². The summed E-state index contributed by atoms with van der Waals surface area (Å²) in [5.41, 5.74) is 0.337. The Balaban J connectivity index is 1.41. The predicted molar refractivity (Wildman–Crippen MR) is 183 cm³/mol. The van der Waals surface area contributed by atoms with Gasteiger partial charge in [0.05, 0.1) is 19.3 Å². The molecule has 0 amide bonds. The summed E-state index contributed by atoms with van der Waals surface area (Å²) >= 11 is 0. The van der Waals surface area contributed by atoms with Gasteiger partial charge in [0.25, 0.3) is 8.32 Å². The van der Waals surface area contributed by atoms with Crippen LogP contribution in [0.25, 0.3) is 0 Å². The maximum Gasteiger partial charge on any atom is 0.332 e. The Bertz CT molecular complexity index is 1420. The van der Waals surface area contributed by atoms with E-state index >= 15 is 0 Å². The number of benzene rings is 3. The average Bonchev–Trinajstić information content (AvgIpc) is 3.57. The van der Waals surface area contributed by atoms with E-state index in [9.17, 15) is 9.18 Å². The first-order valence-electron chi connectivity index (χ1n) is 16.4. The molecule has 4 atom stereocenters. The molecule has 2 aliphatic rings. The number of fused-ring (bicyclic) bond motifs is 2. The zero-order valence-electron chi connectivity index (χ0n) is 28.1. The Hall–Kier alpha value is -3.10. The number of hydrogen-bond donors (Lipinski definition) is 0. The molecule has 246 valence electrons. The van der Waals surface area contributed by atoms with Gasteiger partial charge < -0.3 is 18.6 Å². The Morgan fingerprint density at radius 2 is 1.52 bits per heavy atom. The second-order valence-electron chi connectivity index (χ2n) is 14.8. The van der Waals surface area contributed by atoms with Crippen molar-refractivity contribution in [2.24, 2.45) is 11.8 Å². The van der Waals surface area contributed by atoms with Crippen LogP contribution in [0.4, 0.5) is 4.39 Å². The van der Waals surface area contributed by atoms with Crippen LogP contribution in [-0.4, -0.2) is 52.4 Å². The number of allylic oxidation sites excluding steroid dienone is 1. The van der Waals surface area contributed by atoms with E-state index in [2.05, 4.69) is 87.5 Å². The first-order valence-corrected chi connectivity index (χ1v) is 18.3. The van der Waals surface area contributed by atoms with Crippen LogP contribution in [0.1, 0.15) is 59.9 Å². The topological polar surface area (TPSA) is 54.0 Å². The second kappa shape index (κ2) is 13.9. The predicted octanol–water partition coefficient (Wildman–Crippen LogP) is 6.98. The van der Waals surface area contributed by atoms with Crippen molar-refractivity contribution in [3.63, 3.8) is 0 Å². The van der Waals surface area contributed by atoms with E-state index in [0.717, 1.165) is 18.4 Å². The average molecular weight is 645 g/mol. The smallest absolute Gasteiger partial charge is 0.332 e. The molecule has 0 aromatic heterocycles. The molecule has 2 fully saturated rings. The van der Waals surface area contributed by atoms with Crippen molar-refractivity contribution in [1.29, 1.82) is 0 Å². The summed E-state index contributed by atoms with van der Waals surface area (Å²) in [7, 11) is -2.75. The van der Waals surface area contributed by atoms with Gasteiger partial charge in [0.15, 0.2) is 0 Å². The molecule has 3 aromatic carbocycles. The molecule has 1 aliphatic carbocycles. The molecular weight excluding hydrogens is 596 g/mol. The molecule has 5 nitrogen and oxygen atoms in total. The summed E-state index contributed by atoms with van der Waals surface area (Å²) in [5.74, 6) is -0.245. The lowest BCUT2D eigenvalue weighted by Gasteiger charge is -2.45. The minimum Gasteiger partial charge on any atom is -0.458 e. The molecule has 1 heterocycles. The van der Waals surface area contributed by atoms with E-state index in [0.29, 0.717) is 19.8 Å². The van der Waals surface area contributed by atoms with E-state index in [1.165, 1.54) is 10.4 Å². The van der Waals surface area contributed by atoms with Crippen LogP contribution in [0, 0.1) is 17.7 Å². The van der Waals surface area contributed by atoms with Gasteiger partial charge in [0.1, 0.15) is 18.0 Å². The molecule has 3 aromatic rings. The molecule has 0 N–H and O–H groups in total. The van der Waals surface area contributed by atoms with E-state index in [1.807, 2.05) is 39.0 Å². The number of esters is 1. The Kier molecular flexibility index (Phi) is 10.4. The number of hydrogen-bond acceptors (Lipinski definition) is 5. The van der Waals surface area contributed by atoms with E-state index in [4.69, 9.17) is 18.6 Å². The van der Waals surface area contributed by atoms with Crippen molar-refractivity contribution in [1.82, 2.24) is 0 Å². The molecule has 2 bridgehead atoms. The first kappa shape index (κ1) is 34.2. The van der Waals surface area contributed by atoms with Crippen LogP contribution < -0.4 is 10.4 Å². The van der Waals surface area contributed by atoms with Crippen molar-refractivity contribution in [3.8, 4) is 0 Å². The minimum absolute atomic E-state index is 0.0464. The van der Waals surface area contributed by atoms with Crippen LogP contribution >= 0.6 is 0 Å². The van der Waals surface area contributed by atoms with Gasteiger partial charge in [-0.05, 0) is 72.6 Å². The van der Waals surface area contributed by atoms with Gasteiger partial charge in [-0.2, -0.15) is 0 Å². The van der Waals surface area contributed by atoms with Gasteiger partial charge in [-0.15, -0.1) is 0 Å². The van der Waals surface area contributed by atoms with Gasteiger partial charge in [-0.1, -0.05) is 106 Å². The first-order chi connectivity index (χ1) is 21.9. The van der Waals surface area contributed by atoms with Gasteiger partial charge in [-0.3, -0.25) is 0 Å². The summed E-state index contributed by atoms with van der Waals surface area (Å²) in [6.07, 6.45) is 5.85. The fraction of sp³-hybridized carbons (Fsp3) is 0.462. The normalized spacial score (nSPS) is 23.2. The van der Waals surface area contributed by atoms with Crippen LogP contribution in [-0.2, 0) is 28.8 Å². The molecule has 46 heavy (non-hydrogen) atoms. The van der Waals surface area contributed by atoms with Crippen LogP contribution in [0.3, 0.4) is 0 Å². The standard InChI is InChI=1S/C39H49FO5Si/c1-37(2,3)45-36(41)27-42-24-14-13-19-34-33(35-25-39(34,28-43-35)29-20-22-30(40)23-21-29)26-44-46(38(4,5)6,31-15-9-7-10-16-31)32-17-11-8-12-18-32/h7-18,20-23,33-35H,19,24-28H2,1-6H3/b14-13-/t33-,34-,35-,39-/m0/s1. The largest absolute Gasteiger partial charge is 0.458 e. The molecule has 0 spiro atoms. The molecule has 0 radical (unpaired) electrons. The lowest BCUT2D eigenvalue weighted by Crippen LogP contribution is -2.67. The SMILES string of the molecule is CC(C)(C)OC(=O)COC/C=C\C[C@H]1[C@H](CO[Si](c2ccccc2)(c2ccccc2)C(C)(C)C)[C@@H]2C[C@@]1(c1ccc(F)cc1)CO2. The molecule has 1 saturated carbocycles. The van der Waals surface area contributed by atoms with Gasteiger partial charge in [-0.25, -0.2) is 9.18 Å². The van der Waals surface area contributed by atoms with Gasteiger partial charge >= 0.3 is 5.97 Å². The monoisotopic (exact) mass is 644 g/mol. The molecule has 1 saturated heterocycles. The van der Waals surface area contributed by atoms with Crippen molar-refractivity contribution >= 4 is 24.7 Å². The summed E-state index contributed by atoms with van der Waals surface area (Å²) < 4.78 is 38.9. The van der Waals surface area contributed by atoms with Crippen molar-refractivity contribution < 1.29 is 27.8 Å².